The molecule has 3 aromatic heterocycles. The summed E-state index contributed by atoms with van der Waals surface area (Å²) in [6.07, 6.45) is 6.23. The number of rotatable bonds is 9. The van der Waals surface area contributed by atoms with Gasteiger partial charge in [-0.1, -0.05) is 18.2 Å². The number of imide groups is 1. The number of aromatic nitrogens is 5. The molecule has 4 fully saturated rings. The van der Waals surface area contributed by atoms with Gasteiger partial charge in [-0.2, -0.15) is 0 Å². The molecule has 53 heavy (non-hydrogen) atoms. The summed E-state index contributed by atoms with van der Waals surface area (Å²) in [4.78, 5) is 60.1. The van der Waals surface area contributed by atoms with Crippen molar-refractivity contribution in [2.75, 3.05) is 48.8 Å². The van der Waals surface area contributed by atoms with Gasteiger partial charge in [-0.15, -0.1) is 5.10 Å². The number of fused-ring (bicyclic) bond motifs is 2. The Morgan fingerprint density at radius 3 is 2.57 bits per heavy atom. The van der Waals surface area contributed by atoms with Crippen LogP contribution in [-0.2, 0) is 23.2 Å². The van der Waals surface area contributed by atoms with Crippen LogP contribution in [0.2, 0.25) is 0 Å². The third-order valence-corrected chi connectivity index (χ3v) is 11.4. The maximum absolute atomic E-state index is 13.4. The van der Waals surface area contributed by atoms with Crippen molar-refractivity contribution < 1.29 is 14.4 Å². The zero-order valence-corrected chi connectivity index (χ0v) is 29.9. The number of benzene rings is 2. The van der Waals surface area contributed by atoms with Crippen molar-refractivity contribution >= 4 is 57.3 Å². The number of hydrogen-bond donors (Lipinski definition) is 4. The molecule has 2 aromatic carbocycles. The normalized spacial score (nSPS) is 20.1. The van der Waals surface area contributed by atoms with Crippen LogP contribution < -0.4 is 31.9 Å². The number of carbonyl (C=O) groups excluding carboxylic acids is 3. The first-order valence-corrected chi connectivity index (χ1v) is 18.4. The minimum Gasteiger partial charge on any atom is -0.385 e. The number of carbonyl (C=O) groups is 3. The van der Waals surface area contributed by atoms with E-state index in [1.54, 1.807) is 26.9 Å². The molecule has 4 N–H and O–H groups in total. The number of amides is 3. The van der Waals surface area contributed by atoms with Crippen LogP contribution >= 0.6 is 0 Å². The van der Waals surface area contributed by atoms with E-state index >= 15 is 0 Å². The highest BCUT2D eigenvalue weighted by Gasteiger charge is 2.45. The molecule has 6 heterocycles. The summed E-state index contributed by atoms with van der Waals surface area (Å²) < 4.78 is 4.80. The van der Waals surface area contributed by atoms with E-state index in [-0.39, 0.29) is 35.4 Å². The van der Waals surface area contributed by atoms with Crippen molar-refractivity contribution in [1.82, 2.24) is 39.3 Å². The Kier molecular flexibility index (Phi) is 7.98. The van der Waals surface area contributed by atoms with Gasteiger partial charge in [0.25, 0.3) is 5.91 Å². The highest BCUT2D eigenvalue weighted by molar-refractivity contribution is 6.00. The Morgan fingerprint density at radius 2 is 1.81 bits per heavy atom. The molecule has 1 spiro atoms. The number of anilines is 4. The lowest BCUT2D eigenvalue weighted by atomic mass is 9.71. The van der Waals surface area contributed by atoms with E-state index in [1.165, 1.54) is 5.56 Å². The minimum atomic E-state index is -0.699. The predicted octanol–water partition coefficient (Wildman–Crippen LogP) is 3.14. The molecule has 15 heteroatoms. The summed E-state index contributed by atoms with van der Waals surface area (Å²) in [6.45, 7) is 4.68. The molecule has 9 rings (SSSR count). The lowest BCUT2D eigenvalue weighted by molar-refractivity contribution is -0.135. The zero-order valence-electron chi connectivity index (χ0n) is 29.9. The molecular weight excluding hydrogens is 674 g/mol. The lowest BCUT2D eigenvalue weighted by Crippen LogP contribution is -2.59. The molecule has 3 aliphatic heterocycles. The molecule has 274 valence electrons. The average molecular weight is 718 g/mol. The molecule has 3 amide bonds. The Morgan fingerprint density at radius 1 is 1.02 bits per heavy atom. The zero-order chi connectivity index (χ0) is 36.4. The number of piperidine rings is 2. The first-order valence-electron chi connectivity index (χ1n) is 18.4. The van der Waals surface area contributed by atoms with Gasteiger partial charge in [0.15, 0.2) is 17.2 Å². The van der Waals surface area contributed by atoms with Gasteiger partial charge in [0.05, 0.1) is 28.6 Å². The largest absolute Gasteiger partial charge is 0.385 e. The van der Waals surface area contributed by atoms with Crippen molar-refractivity contribution in [2.45, 2.75) is 57.2 Å². The molecule has 1 unspecified atom stereocenters. The second-order valence-electron chi connectivity index (χ2n) is 15.1. The summed E-state index contributed by atoms with van der Waals surface area (Å²) >= 11 is 0. The van der Waals surface area contributed by atoms with Crippen LogP contribution in [0, 0.1) is 5.41 Å². The van der Waals surface area contributed by atoms with Crippen molar-refractivity contribution in [3.63, 3.8) is 0 Å². The molecule has 1 saturated carbocycles. The van der Waals surface area contributed by atoms with Gasteiger partial charge in [0, 0.05) is 71.0 Å². The van der Waals surface area contributed by atoms with Crippen LogP contribution in [0.4, 0.5) is 22.9 Å². The van der Waals surface area contributed by atoms with Crippen LogP contribution in [0.15, 0.2) is 59.5 Å². The van der Waals surface area contributed by atoms with E-state index < -0.39 is 11.9 Å². The van der Waals surface area contributed by atoms with E-state index in [1.807, 2.05) is 31.3 Å². The van der Waals surface area contributed by atoms with Crippen LogP contribution in [0.5, 0.6) is 0 Å². The van der Waals surface area contributed by atoms with Crippen molar-refractivity contribution in [1.29, 1.82) is 0 Å². The Bertz CT molecular complexity index is 2340. The smallest absolute Gasteiger partial charge is 0.329 e. The Labute approximate surface area is 305 Å². The van der Waals surface area contributed by atoms with Crippen molar-refractivity contribution in [2.24, 2.45) is 12.5 Å². The van der Waals surface area contributed by atoms with Crippen LogP contribution in [0.1, 0.15) is 60.6 Å². The van der Waals surface area contributed by atoms with Gasteiger partial charge in [0.1, 0.15) is 6.04 Å². The Balaban J connectivity index is 0.848. The third kappa shape index (κ3) is 5.98. The maximum Gasteiger partial charge on any atom is 0.329 e. The number of hydrogen-bond acceptors (Lipinski definition) is 10. The van der Waals surface area contributed by atoms with E-state index in [9.17, 15) is 19.2 Å². The maximum atomic E-state index is 13.4. The topological polar surface area (TPSA) is 163 Å². The van der Waals surface area contributed by atoms with Gasteiger partial charge >= 0.3 is 5.69 Å². The quantitative estimate of drug-likeness (QED) is 0.167. The molecule has 3 saturated heterocycles. The number of likely N-dealkylation sites (tertiary alicyclic amines) is 1. The summed E-state index contributed by atoms with van der Waals surface area (Å²) in [6, 6.07) is 15.7. The number of nitrogens with one attached hydrogen (secondary N) is 4. The molecule has 5 aromatic rings. The number of imidazole rings is 2. The number of nitrogens with zero attached hydrogens (tertiary/aromatic N) is 7. The molecule has 1 atom stereocenters. The van der Waals surface area contributed by atoms with Crippen molar-refractivity contribution in [3.05, 3.63) is 76.5 Å². The summed E-state index contributed by atoms with van der Waals surface area (Å²) in [5.41, 5.74) is 6.46. The fourth-order valence-electron chi connectivity index (χ4n) is 8.46. The Hall–Kier alpha value is -5.70. The second-order valence-corrected chi connectivity index (χ2v) is 15.1. The van der Waals surface area contributed by atoms with E-state index in [0.717, 1.165) is 86.5 Å². The number of aryl methyl sites for hydroxylation is 1. The highest BCUT2D eigenvalue weighted by Crippen LogP contribution is 2.43. The molecule has 0 bridgehead atoms. The average Bonchev–Trinajstić information content (AvgIpc) is 3.79. The van der Waals surface area contributed by atoms with Gasteiger partial charge in [-0.25, -0.2) is 14.3 Å². The fraction of sp³-hybridized carbons (Fsp3) is 0.421. The molecule has 1 aliphatic carbocycles. The third-order valence-electron chi connectivity index (χ3n) is 11.4. The number of para-hydroxylation sites is 1. The van der Waals surface area contributed by atoms with E-state index in [4.69, 9.17) is 5.10 Å². The van der Waals surface area contributed by atoms with Crippen LogP contribution in [-0.4, -0.2) is 85.6 Å². The first-order chi connectivity index (χ1) is 25.7. The molecule has 0 radical (unpaired) electrons. The fourth-order valence-corrected chi connectivity index (χ4v) is 8.46. The lowest BCUT2D eigenvalue weighted by Gasteiger charge is -2.54. The minimum absolute atomic E-state index is 0.169. The first kappa shape index (κ1) is 33.2. The molecular formula is C38H43N11O4. The van der Waals surface area contributed by atoms with Gasteiger partial charge in [-0.3, -0.25) is 33.7 Å². The summed E-state index contributed by atoms with van der Waals surface area (Å²) in [7, 11) is 3.59. The van der Waals surface area contributed by atoms with E-state index in [2.05, 4.69) is 60.3 Å². The van der Waals surface area contributed by atoms with Gasteiger partial charge < -0.3 is 20.9 Å². The summed E-state index contributed by atoms with van der Waals surface area (Å²) in [5.74, 6) is -0.279. The van der Waals surface area contributed by atoms with Crippen LogP contribution in [0.3, 0.4) is 0 Å². The second kappa shape index (κ2) is 12.8. The predicted molar refractivity (Wildman–Crippen MR) is 201 cm³/mol. The standard InChI is InChI=1S/C38H43N11O4/c1-39-26-18-31(44-49-30(19-40-34(26)49)36(52)42-24-9-10-24)41-25-6-3-5-23(17-25)20-46-21-38(22-46)13-15-47(16-14-38)27-7-4-8-28-33(27)45(2)37(53)48(28)29-11-12-32(50)43-35(29)51/h3-8,17-19,24,29,39H,9-16,20-22H2,1-2H3,(H,41,44)(H,42,52)(H,43,50,51). The molecule has 4 aliphatic rings. The van der Waals surface area contributed by atoms with E-state index in [0.29, 0.717) is 23.6 Å². The van der Waals surface area contributed by atoms with Crippen LogP contribution in [0.25, 0.3) is 16.7 Å². The van der Waals surface area contributed by atoms with Crippen molar-refractivity contribution in [3.8, 4) is 0 Å². The van der Waals surface area contributed by atoms with Gasteiger partial charge in [0.2, 0.25) is 11.8 Å². The van der Waals surface area contributed by atoms with Gasteiger partial charge in [-0.05, 0) is 67.3 Å². The molecule has 15 nitrogen and oxygen atoms in total. The monoisotopic (exact) mass is 717 g/mol. The SMILES string of the molecule is CNc1cc(Nc2cccc(CN3CC4(CCN(c5cccc6c5n(C)c(=O)n6C5CCC(=O)NC5=O)CC4)C3)c2)nn2c(C(=O)NC3CC3)cnc12. The highest BCUT2D eigenvalue weighted by atomic mass is 16.2. The summed E-state index contributed by atoms with van der Waals surface area (Å²) in [5, 5.41) is 16.8.